The van der Waals surface area contributed by atoms with E-state index in [2.05, 4.69) is 21.2 Å². The first kappa shape index (κ1) is 25.9. The molecule has 212 valence electrons. The third-order valence-corrected chi connectivity index (χ3v) is 9.56. The van der Waals surface area contributed by atoms with Crippen molar-refractivity contribution in [1.82, 2.24) is 20.2 Å². The minimum absolute atomic E-state index is 0.00677. The molecule has 5 aliphatic heterocycles. The number of nitrogens with two attached hydrogens (primary N) is 1. The number of anilines is 2. The maximum absolute atomic E-state index is 15.3. The van der Waals surface area contributed by atoms with Gasteiger partial charge in [0.15, 0.2) is 5.82 Å². The standard InChI is InChI=1S/C29H35F2N7O2/c1-16-7-22(33)26(31)25(20(16)10-32)24-8-23-21(14-39-24)27(37-12-18-3-4-19(13-37)34-18)36-28(35-23)40-15-29-5-2-6-38(29)11-17(30)9-29/h7,17-19,24,34H,2-6,8-9,11-15,33H2,1H3/t17-,18?,19?,24?,29+/m1/s1. The van der Waals surface area contributed by atoms with Crippen LogP contribution in [-0.4, -0.2) is 71.4 Å². The van der Waals surface area contributed by atoms with Gasteiger partial charge in [-0.1, -0.05) is 0 Å². The quantitative estimate of drug-likeness (QED) is 0.542. The molecule has 40 heavy (non-hydrogen) atoms. The number of halogens is 2. The summed E-state index contributed by atoms with van der Waals surface area (Å²) in [6.07, 6.45) is 3.35. The van der Waals surface area contributed by atoms with Gasteiger partial charge in [0, 0.05) is 55.7 Å². The molecule has 2 aromatic rings. The fraction of sp³-hybridized carbons (Fsp3) is 0.621. The summed E-state index contributed by atoms with van der Waals surface area (Å²) in [6, 6.07) is 4.68. The summed E-state index contributed by atoms with van der Waals surface area (Å²) in [4.78, 5) is 14.2. The lowest BCUT2D eigenvalue weighted by Crippen LogP contribution is -2.52. The number of nitrogen functional groups attached to an aromatic ring is 1. The Bertz CT molecular complexity index is 1370. The number of nitrogens with one attached hydrogen (secondary N) is 1. The Labute approximate surface area is 232 Å². The Hall–Kier alpha value is -3.07. The predicted octanol–water partition coefficient (Wildman–Crippen LogP) is 3.09. The molecule has 1 aromatic heterocycles. The zero-order valence-corrected chi connectivity index (χ0v) is 22.8. The molecule has 7 rings (SSSR count). The lowest BCUT2D eigenvalue weighted by molar-refractivity contribution is 0.0230. The third kappa shape index (κ3) is 4.28. The van der Waals surface area contributed by atoms with Crippen LogP contribution in [0, 0.1) is 24.1 Å². The van der Waals surface area contributed by atoms with Crippen molar-refractivity contribution in [2.75, 3.05) is 43.4 Å². The molecule has 5 atom stereocenters. The molecular formula is C29H35F2N7O2. The van der Waals surface area contributed by atoms with Crippen LogP contribution in [0.3, 0.4) is 0 Å². The summed E-state index contributed by atoms with van der Waals surface area (Å²) in [6.45, 7) is 5.26. The molecule has 9 nitrogen and oxygen atoms in total. The largest absolute Gasteiger partial charge is 0.461 e. The summed E-state index contributed by atoms with van der Waals surface area (Å²) in [7, 11) is 0. The maximum Gasteiger partial charge on any atom is 0.318 e. The van der Waals surface area contributed by atoms with E-state index in [0.717, 1.165) is 62.4 Å². The normalized spacial score (nSPS) is 31.2. The molecule has 3 unspecified atom stereocenters. The Morgan fingerprint density at radius 3 is 2.85 bits per heavy atom. The van der Waals surface area contributed by atoms with Gasteiger partial charge in [0.2, 0.25) is 0 Å². The number of fused-ring (bicyclic) bond motifs is 4. The predicted molar refractivity (Wildman–Crippen MR) is 144 cm³/mol. The number of nitriles is 1. The van der Waals surface area contributed by atoms with Crippen LogP contribution in [0.15, 0.2) is 6.07 Å². The van der Waals surface area contributed by atoms with Crippen molar-refractivity contribution in [2.24, 2.45) is 0 Å². The van der Waals surface area contributed by atoms with Gasteiger partial charge in [0.25, 0.3) is 0 Å². The van der Waals surface area contributed by atoms with Crippen molar-refractivity contribution in [2.45, 2.75) is 82.0 Å². The van der Waals surface area contributed by atoms with Gasteiger partial charge in [0.05, 0.1) is 41.3 Å². The second kappa shape index (κ2) is 9.79. The van der Waals surface area contributed by atoms with E-state index in [1.54, 1.807) is 6.92 Å². The smallest absolute Gasteiger partial charge is 0.318 e. The highest BCUT2D eigenvalue weighted by Crippen LogP contribution is 2.42. The van der Waals surface area contributed by atoms with Crippen LogP contribution >= 0.6 is 0 Å². The summed E-state index contributed by atoms with van der Waals surface area (Å²) in [5.74, 6) is 0.166. The molecule has 1 aromatic carbocycles. The van der Waals surface area contributed by atoms with Crippen LogP contribution in [0.2, 0.25) is 0 Å². The Kier molecular flexibility index (Phi) is 6.33. The fourth-order valence-electron chi connectivity index (χ4n) is 7.66. The first-order valence-corrected chi connectivity index (χ1v) is 14.4. The highest BCUT2D eigenvalue weighted by Gasteiger charge is 2.49. The SMILES string of the molecule is Cc1cc(N)c(F)c(C2Cc3nc(OC[C@@]45CCCN4C[C@H](F)C5)nc(N4CC5CCC(C4)N5)c3CO2)c1C#N. The van der Waals surface area contributed by atoms with Crippen LogP contribution in [0.1, 0.15) is 66.2 Å². The van der Waals surface area contributed by atoms with E-state index in [1.165, 1.54) is 6.07 Å². The second-order valence-corrected chi connectivity index (χ2v) is 12.2. The Morgan fingerprint density at radius 1 is 1.27 bits per heavy atom. The van der Waals surface area contributed by atoms with Crippen LogP contribution in [0.4, 0.5) is 20.3 Å². The van der Waals surface area contributed by atoms with Gasteiger partial charge >= 0.3 is 6.01 Å². The Morgan fingerprint density at radius 2 is 2.08 bits per heavy atom. The zero-order valence-electron chi connectivity index (χ0n) is 22.8. The second-order valence-electron chi connectivity index (χ2n) is 12.2. The molecule has 6 heterocycles. The average molecular weight is 552 g/mol. The highest BCUT2D eigenvalue weighted by molar-refractivity contribution is 5.57. The van der Waals surface area contributed by atoms with Crippen molar-refractivity contribution in [3.63, 3.8) is 0 Å². The van der Waals surface area contributed by atoms with Gasteiger partial charge in [0.1, 0.15) is 18.6 Å². The van der Waals surface area contributed by atoms with E-state index >= 15 is 4.39 Å². The van der Waals surface area contributed by atoms with Crippen molar-refractivity contribution < 1.29 is 18.3 Å². The monoisotopic (exact) mass is 551 g/mol. The van der Waals surface area contributed by atoms with E-state index in [1.807, 2.05) is 0 Å². The summed E-state index contributed by atoms with van der Waals surface area (Å²) in [5, 5.41) is 13.5. The molecule has 0 spiro atoms. The maximum atomic E-state index is 15.3. The molecule has 0 saturated carbocycles. The molecule has 0 amide bonds. The summed E-state index contributed by atoms with van der Waals surface area (Å²) in [5.41, 5.74) is 8.24. The molecule has 0 aliphatic carbocycles. The molecule has 11 heteroatoms. The minimum Gasteiger partial charge on any atom is -0.461 e. The highest BCUT2D eigenvalue weighted by atomic mass is 19.1. The van der Waals surface area contributed by atoms with E-state index in [9.17, 15) is 9.65 Å². The van der Waals surface area contributed by atoms with E-state index in [-0.39, 0.29) is 41.4 Å². The molecule has 4 fully saturated rings. The molecule has 5 aliphatic rings. The lowest BCUT2D eigenvalue weighted by Gasteiger charge is -2.37. The van der Waals surface area contributed by atoms with Crippen LogP contribution in [-0.2, 0) is 17.8 Å². The van der Waals surface area contributed by atoms with E-state index < -0.39 is 18.1 Å². The van der Waals surface area contributed by atoms with Gasteiger partial charge in [-0.25, -0.2) is 8.78 Å². The van der Waals surface area contributed by atoms with Gasteiger partial charge in [-0.3, -0.25) is 4.90 Å². The number of piperazine rings is 1. The molecular weight excluding hydrogens is 516 g/mol. The average Bonchev–Trinajstić information content (AvgIpc) is 3.58. The van der Waals surface area contributed by atoms with E-state index in [0.29, 0.717) is 37.2 Å². The molecule has 2 bridgehead atoms. The number of benzene rings is 1. The van der Waals surface area contributed by atoms with E-state index in [4.69, 9.17) is 25.2 Å². The van der Waals surface area contributed by atoms with Gasteiger partial charge in [-0.2, -0.15) is 15.2 Å². The molecule has 0 radical (unpaired) electrons. The Balaban J connectivity index is 1.24. The topological polar surface area (TPSA) is 113 Å². The summed E-state index contributed by atoms with van der Waals surface area (Å²) >= 11 is 0. The first-order valence-electron chi connectivity index (χ1n) is 14.4. The third-order valence-electron chi connectivity index (χ3n) is 9.56. The van der Waals surface area contributed by atoms with Crippen LogP contribution < -0.4 is 20.7 Å². The number of nitrogens with zero attached hydrogens (tertiary/aromatic N) is 5. The van der Waals surface area contributed by atoms with Gasteiger partial charge in [-0.05, 0) is 50.8 Å². The fourth-order valence-corrected chi connectivity index (χ4v) is 7.66. The number of alkyl halides is 1. The number of aromatic nitrogens is 2. The van der Waals surface area contributed by atoms with Gasteiger partial charge in [-0.15, -0.1) is 0 Å². The number of hydrogen-bond donors (Lipinski definition) is 2. The van der Waals surface area contributed by atoms with Crippen molar-refractivity contribution in [3.8, 4) is 12.1 Å². The van der Waals surface area contributed by atoms with Crippen molar-refractivity contribution in [1.29, 1.82) is 5.26 Å². The molecule has 3 N–H and O–H groups in total. The number of ether oxygens (including phenoxy) is 2. The van der Waals surface area contributed by atoms with Crippen LogP contribution in [0.25, 0.3) is 0 Å². The van der Waals surface area contributed by atoms with Crippen molar-refractivity contribution in [3.05, 3.63) is 39.8 Å². The number of rotatable bonds is 5. The minimum atomic E-state index is -0.843. The first-order chi connectivity index (χ1) is 19.3. The van der Waals surface area contributed by atoms with Crippen molar-refractivity contribution >= 4 is 11.5 Å². The van der Waals surface area contributed by atoms with Gasteiger partial charge < -0.3 is 25.4 Å². The number of aryl methyl sites for hydroxylation is 1. The lowest BCUT2D eigenvalue weighted by atomic mass is 9.92. The van der Waals surface area contributed by atoms with Crippen LogP contribution in [0.5, 0.6) is 6.01 Å². The number of hydrogen-bond acceptors (Lipinski definition) is 9. The zero-order chi connectivity index (χ0) is 27.6. The summed E-state index contributed by atoms with van der Waals surface area (Å²) < 4.78 is 42.2. The molecule has 4 saturated heterocycles.